The van der Waals surface area contributed by atoms with Gasteiger partial charge in [0.1, 0.15) is 0 Å². The van der Waals surface area contributed by atoms with Crippen molar-refractivity contribution in [3.05, 3.63) is 56.6 Å². The Bertz CT molecular complexity index is 687. The van der Waals surface area contributed by atoms with Crippen LogP contribution in [0.5, 0.6) is 0 Å². The number of benzene rings is 1. The van der Waals surface area contributed by atoms with Gasteiger partial charge >= 0.3 is 0 Å². The van der Waals surface area contributed by atoms with E-state index in [4.69, 9.17) is 4.98 Å². The van der Waals surface area contributed by atoms with Crippen LogP contribution in [0.15, 0.2) is 36.9 Å². The molecule has 0 saturated carbocycles. The van der Waals surface area contributed by atoms with Crippen molar-refractivity contribution in [1.29, 1.82) is 0 Å². The number of carbonyl (C=O) groups excluding carboxylic acids is 1. The first-order valence-corrected chi connectivity index (χ1v) is 9.25. The van der Waals surface area contributed by atoms with Crippen molar-refractivity contribution in [2.75, 3.05) is 11.4 Å². The standard InChI is InChI=1S/C17H17IN2OS/c1-2-10-20(16(21)12-6-5-7-13(18)11-12)17-19-14-8-3-4-9-15(14)22-17/h2,5-7,11H,1,3-4,8-10H2. The van der Waals surface area contributed by atoms with Gasteiger partial charge in [0.15, 0.2) is 5.13 Å². The highest BCUT2D eigenvalue weighted by atomic mass is 127. The SMILES string of the molecule is C=CCN(C(=O)c1cccc(I)c1)c1nc2c(s1)CCCC2. The Labute approximate surface area is 148 Å². The highest BCUT2D eigenvalue weighted by molar-refractivity contribution is 14.1. The molecule has 1 aromatic carbocycles. The van der Waals surface area contributed by atoms with Crippen LogP contribution in [0.3, 0.4) is 0 Å². The summed E-state index contributed by atoms with van der Waals surface area (Å²) < 4.78 is 1.06. The van der Waals surface area contributed by atoms with E-state index >= 15 is 0 Å². The van der Waals surface area contributed by atoms with E-state index in [1.807, 2.05) is 24.3 Å². The molecule has 1 aliphatic rings. The summed E-state index contributed by atoms with van der Waals surface area (Å²) in [4.78, 5) is 20.6. The molecule has 0 bridgehead atoms. The first-order chi connectivity index (χ1) is 10.7. The van der Waals surface area contributed by atoms with Crippen LogP contribution in [-0.2, 0) is 12.8 Å². The fourth-order valence-corrected chi connectivity index (χ4v) is 4.31. The maximum absolute atomic E-state index is 12.8. The largest absolute Gasteiger partial charge is 0.280 e. The van der Waals surface area contributed by atoms with E-state index < -0.39 is 0 Å². The molecule has 1 aromatic heterocycles. The monoisotopic (exact) mass is 424 g/mol. The molecule has 0 spiro atoms. The number of halogens is 1. The second kappa shape index (κ2) is 6.91. The van der Waals surface area contributed by atoms with Gasteiger partial charge < -0.3 is 0 Å². The maximum Gasteiger partial charge on any atom is 0.260 e. The molecule has 114 valence electrons. The number of hydrogen-bond acceptors (Lipinski definition) is 3. The minimum atomic E-state index is -0.00971. The summed E-state index contributed by atoms with van der Waals surface area (Å²) in [6.45, 7) is 4.27. The number of aromatic nitrogens is 1. The lowest BCUT2D eigenvalue weighted by Gasteiger charge is -2.18. The summed E-state index contributed by atoms with van der Waals surface area (Å²) in [5.41, 5.74) is 1.87. The minimum Gasteiger partial charge on any atom is -0.280 e. The minimum absolute atomic E-state index is 0.00971. The van der Waals surface area contributed by atoms with Crippen LogP contribution >= 0.6 is 33.9 Å². The molecule has 2 aromatic rings. The van der Waals surface area contributed by atoms with Crippen molar-refractivity contribution in [3.63, 3.8) is 0 Å². The molecular formula is C17H17IN2OS. The van der Waals surface area contributed by atoms with Crippen LogP contribution in [0.1, 0.15) is 33.8 Å². The lowest BCUT2D eigenvalue weighted by molar-refractivity contribution is 0.0989. The molecule has 3 nitrogen and oxygen atoms in total. The van der Waals surface area contributed by atoms with Gasteiger partial charge in [-0.2, -0.15) is 0 Å². The number of thiazole rings is 1. The number of anilines is 1. The summed E-state index contributed by atoms with van der Waals surface area (Å²) >= 11 is 3.88. The summed E-state index contributed by atoms with van der Waals surface area (Å²) in [7, 11) is 0. The second-order valence-electron chi connectivity index (χ2n) is 5.29. The molecule has 1 heterocycles. The number of nitrogens with zero attached hydrogens (tertiary/aromatic N) is 2. The van der Waals surface area contributed by atoms with Crippen LogP contribution in [-0.4, -0.2) is 17.4 Å². The van der Waals surface area contributed by atoms with Gasteiger partial charge in [0.05, 0.1) is 5.69 Å². The summed E-state index contributed by atoms with van der Waals surface area (Å²) in [6.07, 6.45) is 6.30. The fraction of sp³-hybridized carbons (Fsp3) is 0.294. The molecule has 22 heavy (non-hydrogen) atoms. The molecule has 0 fully saturated rings. The van der Waals surface area contributed by atoms with E-state index in [1.165, 1.54) is 23.4 Å². The number of hydrogen-bond donors (Lipinski definition) is 0. The van der Waals surface area contributed by atoms with Gasteiger partial charge in [-0.25, -0.2) is 4.98 Å². The molecule has 0 atom stereocenters. The first kappa shape index (κ1) is 15.7. The zero-order chi connectivity index (χ0) is 15.5. The normalized spacial score (nSPS) is 13.5. The van der Waals surface area contributed by atoms with E-state index in [-0.39, 0.29) is 5.91 Å². The molecule has 0 radical (unpaired) electrons. The maximum atomic E-state index is 12.8. The third kappa shape index (κ3) is 3.25. The van der Waals surface area contributed by atoms with Gasteiger partial charge in [-0.1, -0.05) is 12.1 Å². The van der Waals surface area contributed by atoms with Gasteiger partial charge in [-0.3, -0.25) is 9.69 Å². The van der Waals surface area contributed by atoms with Gasteiger partial charge in [-0.05, 0) is 66.5 Å². The Morgan fingerprint density at radius 1 is 1.41 bits per heavy atom. The van der Waals surface area contributed by atoms with E-state index in [0.717, 1.165) is 21.5 Å². The Morgan fingerprint density at radius 3 is 2.95 bits per heavy atom. The average molecular weight is 424 g/mol. The number of amides is 1. The second-order valence-corrected chi connectivity index (χ2v) is 7.60. The van der Waals surface area contributed by atoms with Gasteiger partial charge in [-0.15, -0.1) is 17.9 Å². The molecule has 0 aliphatic heterocycles. The predicted octanol–water partition coefficient (Wildman–Crippen LogP) is 4.46. The molecular weight excluding hydrogens is 407 g/mol. The Kier molecular flexibility index (Phi) is 4.93. The van der Waals surface area contributed by atoms with Crippen molar-refractivity contribution >= 4 is 45.0 Å². The lowest BCUT2D eigenvalue weighted by atomic mass is 10.0. The van der Waals surface area contributed by atoms with Crippen LogP contribution in [0.25, 0.3) is 0 Å². The average Bonchev–Trinajstić information content (AvgIpc) is 2.95. The van der Waals surface area contributed by atoms with Crippen molar-refractivity contribution in [2.24, 2.45) is 0 Å². The Balaban J connectivity index is 1.93. The van der Waals surface area contributed by atoms with Crippen molar-refractivity contribution in [3.8, 4) is 0 Å². The highest BCUT2D eigenvalue weighted by Gasteiger charge is 2.23. The molecule has 1 aliphatic carbocycles. The van der Waals surface area contributed by atoms with Gasteiger partial charge in [0, 0.05) is 20.6 Å². The van der Waals surface area contributed by atoms with Crippen molar-refractivity contribution < 1.29 is 4.79 Å². The summed E-state index contributed by atoms with van der Waals surface area (Å²) in [6, 6.07) is 7.66. The van der Waals surface area contributed by atoms with Gasteiger partial charge in [0.2, 0.25) is 0 Å². The van der Waals surface area contributed by atoms with Crippen LogP contribution < -0.4 is 4.90 Å². The zero-order valence-electron chi connectivity index (χ0n) is 12.2. The third-order valence-electron chi connectivity index (χ3n) is 3.69. The van der Waals surface area contributed by atoms with Crippen LogP contribution in [0.2, 0.25) is 0 Å². The van der Waals surface area contributed by atoms with Gasteiger partial charge in [0.25, 0.3) is 5.91 Å². The topological polar surface area (TPSA) is 33.2 Å². The smallest absolute Gasteiger partial charge is 0.260 e. The Morgan fingerprint density at radius 2 is 2.23 bits per heavy atom. The van der Waals surface area contributed by atoms with E-state index in [9.17, 15) is 4.79 Å². The number of rotatable bonds is 4. The molecule has 5 heteroatoms. The quantitative estimate of drug-likeness (QED) is 0.537. The fourth-order valence-electron chi connectivity index (χ4n) is 2.61. The van der Waals surface area contributed by atoms with E-state index in [2.05, 4.69) is 29.2 Å². The zero-order valence-corrected chi connectivity index (χ0v) is 15.2. The third-order valence-corrected chi connectivity index (χ3v) is 5.55. The molecule has 1 amide bonds. The lowest BCUT2D eigenvalue weighted by Crippen LogP contribution is -2.31. The highest BCUT2D eigenvalue weighted by Crippen LogP contribution is 2.32. The van der Waals surface area contributed by atoms with Crippen molar-refractivity contribution in [2.45, 2.75) is 25.7 Å². The molecule has 0 saturated heterocycles. The molecule has 0 unspecified atom stereocenters. The van der Waals surface area contributed by atoms with Crippen LogP contribution in [0, 0.1) is 3.57 Å². The molecule has 3 rings (SSSR count). The number of fused-ring (bicyclic) bond motifs is 1. The van der Waals surface area contributed by atoms with E-state index in [1.54, 1.807) is 22.3 Å². The molecule has 0 N–H and O–H groups in total. The first-order valence-electron chi connectivity index (χ1n) is 7.36. The van der Waals surface area contributed by atoms with E-state index in [0.29, 0.717) is 12.1 Å². The van der Waals surface area contributed by atoms with Crippen LogP contribution in [0.4, 0.5) is 5.13 Å². The Hall–Kier alpha value is -1.21. The summed E-state index contributed by atoms with van der Waals surface area (Å²) in [5, 5.41) is 0.802. The summed E-state index contributed by atoms with van der Waals surface area (Å²) in [5.74, 6) is -0.00971. The number of aryl methyl sites for hydroxylation is 2. The predicted molar refractivity (Wildman–Crippen MR) is 99.8 cm³/mol. The number of carbonyl (C=O) groups is 1. The van der Waals surface area contributed by atoms with Crippen molar-refractivity contribution in [1.82, 2.24) is 4.98 Å².